The molecule has 0 aliphatic heterocycles. The van der Waals surface area contributed by atoms with Crippen LogP contribution in [0.25, 0.3) is 10.8 Å². The number of ketones is 1. The lowest BCUT2D eigenvalue weighted by atomic mass is 9.96. The van der Waals surface area contributed by atoms with E-state index in [1.54, 1.807) is 7.11 Å². The van der Waals surface area contributed by atoms with E-state index in [2.05, 4.69) is 18.7 Å². The van der Waals surface area contributed by atoms with Crippen LogP contribution >= 0.6 is 0 Å². The fourth-order valence-electron chi connectivity index (χ4n) is 2.74. The van der Waals surface area contributed by atoms with Gasteiger partial charge in [-0.2, -0.15) is 0 Å². The van der Waals surface area contributed by atoms with Crippen LogP contribution in [-0.4, -0.2) is 37.4 Å². The number of methoxy groups -OCH3 is 1. The smallest absolute Gasteiger partial charge is 0.166 e. The summed E-state index contributed by atoms with van der Waals surface area (Å²) in [6.45, 7) is 9.04. The summed E-state index contributed by atoms with van der Waals surface area (Å²) >= 11 is 0. The van der Waals surface area contributed by atoms with Gasteiger partial charge in [0.25, 0.3) is 0 Å². The molecule has 0 fully saturated rings. The number of nitrogens with zero attached hydrogens (tertiary/aromatic N) is 1. The van der Waals surface area contributed by atoms with Crippen molar-refractivity contribution in [2.24, 2.45) is 5.92 Å². The Labute approximate surface area is 132 Å². The number of carbonyl (C=O) groups is 1. The van der Waals surface area contributed by atoms with Gasteiger partial charge in [-0.3, -0.25) is 4.79 Å². The molecule has 0 amide bonds. The first-order valence-electron chi connectivity index (χ1n) is 7.93. The first-order valence-corrected chi connectivity index (χ1v) is 7.93. The van der Waals surface area contributed by atoms with E-state index >= 15 is 0 Å². The van der Waals surface area contributed by atoms with Gasteiger partial charge < -0.3 is 9.64 Å². The highest BCUT2D eigenvalue weighted by atomic mass is 16.5. The molecule has 0 heterocycles. The van der Waals surface area contributed by atoms with Crippen LogP contribution in [0, 0.1) is 5.92 Å². The molecular weight excluding hydrogens is 274 g/mol. The number of hydrogen-bond donors (Lipinski definition) is 0. The summed E-state index contributed by atoms with van der Waals surface area (Å²) < 4.78 is 5.23. The Balaban J connectivity index is 2.21. The van der Waals surface area contributed by atoms with E-state index in [4.69, 9.17) is 4.74 Å². The molecule has 2 aromatic carbocycles. The van der Waals surface area contributed by atoms with Crippen LogP contribution in [0.5, 0.6) is 5.75 Å². The summed E-state index contributed by atoms with van der Waals surface area (Å²) in [5.41, 5.74) is 0.789. The Hall–Kier alpha value is -1.87. The van der Waals surface area contributed by atoms with Crippen molar-refractivity contribution in [3.05, 3.63) is 42.0 Å². The predicted molar refractivity (Wildman–Crippen MR) is 91.8 cm³/mol. The third-order valence-corrected chi connectivity index (χ3v) is 4.21. The van der Waals surface area contributed by atoms with Gasteiger partial charge >= 0.3 is 0 Å². The number of hydrogen-bond acceptors (Lipinski definition) is 3. The fourth-order valence-corrected chi connectivity index (χ4v) is 2.74. The molecule has 0 aliphatic rings. The first kappa shape index (κ1) is 16.5. The highest BCUT2D eigenvalue weighted by Crippen LogP contribution is 2.23. The van der Waals surface area contributed by atoms with Gasteiger partial charge in [-0.15, -0.1) is 0 Å². The maximum Gasteiger partial charge on any atom is 0.166 e. The minimum absolute atomic E-state index is 0.00981. The molecule has 2 rings (SSSR count). The van der Waals surface area contributed by atoms with E-state index in [0.29, 0.717) is 0 Å². The van der Waals surface area contributed by atoms with Crippen LogP contribution in [0.3, 0.4) is 0 Å². The second-order valence-corrected chi connectivity index (χ2v) is 5.68. The third-order valence-electron chi connectivity index (χ3n) is 4.21. The first-order chi connectivity index (χ1) is 10.6. The van der Waals surface area contributed by atoms with E-state index in [1.807, 2.05) is 43.3 Å². The molecule has 22 heavy (non-hydrogen) atoms. The molecule has 0 saturated carbocycles. The zero-order valence-electron chi connectivity index (χ0n) is 13.9. The molecule has 118 valence electrons. The SMILES string of the molecule is CCN(CC)C[C@@H](C)C(=O)c1ccc2cc(OC)ccc2c1. The van der Waals surface area contributed by atoms with Crippen LogP contribution in [-0.2, 0) is 0 Å². The molecule has 0 saturated heterocycles. The minimum Gasteiger partial charge on any atom is -0.497 e. The van der Waals surface area contributed by atoms with Crippen molar-refractivity contribution in [1.82, 2.24) is 4.90 Å². The van der Waals surface area contributed by atoms with Gasteiger partial charge in [0.2, 0.25) is 0 Å². The van der Waals surface area contributed by atoms with Crippen molar-refractivity contribution in [3.63, 3.8) is 0 Å². The monoisotopic (exact) mass is 299 g/mol. The van der Waals surface area contributed by atoms with Gasteiger partial charge in [-0.1, -0.05) is 39.0 Å². The Morgan fingerprint density at radius 1 is 1.09 bits per heavy atom. The van der Waals surface area contributed by atoms with E-state index in [1.165, 1.54) is 0 Å². The molecule has 0 radical (unpaired) electrons. The standard InChI is InChI=1S/C19H25NO2/c1-5-20(6-2)13-14(3)19(21)17-8-7-16-12-18(22-4)10-9-15(16)11-17/h7-12,14H,5-6,13H2,1-4H3/t14-/m1/s1. The van der Waals surface area contributed by atoms with Crippen LogP contribution in [0.15, 0.2) is 36.4 Å². The lowest BCUT2D eigenvalue weighted by molar-refractivity contribution is 0.0898. The second kappa shape index (κ2) is 7.41. The topological polar surface area (TPSA) is 29.5 Å². The summed E-state index contributed by atoms with van der Waals surface area (Å²) in [7, 11) is 1.66. The Morgan fingerprint density at radius 2 is 1.73 bits per heavy atom. The molecule has 1 atom stereocenters. The van der Waals surface area contributed by atoms with Crippen molar-refractivity contribution in [2.75, 3.05) is 26.7 Å². The number of fused-ring (bicyclic) bond motifs is 1. The Morgan fingerprint density at radius 3 is 2.36 bits per heavy atom. The second-order valence-electron chi connectivity index (χ2n) is 5.68. The quantitative estimate of drug-likeness (QED) is 0.724. The van der Waals surface area contributed by atoms with Crippen LogP contribution in [0.1, 0.15) is 31.1 Å². The van der Waals surface area contributed by atoms with Crippen molar-refractivity contribution in [3.8, 4) is 5.75 Å². The molecule has 0 aliphatic carbocycles. The van der Waals surface area contributed by atoms with Gasteiger partial charge in [0.15, 0.2) is 5.78 Å². The predicted octanol–water partition coefficient (Wildman–Crippen LogP) is 4.01. The van der Waals surface area contributed by atoms with Gasteiger partial charge in [0.05, 0.1) is 7.11 Å². The van der Waals surface area contributed by atoms with Gasteiger partial charge in [-0.25, -0.2) is 0 Å². The molecule has 0 aromatic heterocycles. The lowest BCUT2D eigenvalue weighted by Gasteiger charge is -2.22. The molecule has 2 aromatic rings. The summed E-state index contributed by atoms with van der Waals surface area (Å²) in [5, 5.41) is 2.16. The third kappa shape index (κ3) is 3.66. The van der Waals surface area contributed by atoms with E-state index in [9.17, 15) is 4.79 Å². The molecule has 0 bridgehead atoms. The normalized spacial score (nSPS) is 12.6. The molecule has 0 N–H and O–H groups in total. The number of Topliss-reactive ketones (excluding diaryl/α,β-unsaturated/α-hetero) is 1. The maximum atomic E-state index is 12.6. The summed E-state index contributed by atoms with van der Waals surface area (Å²) in [6, 6.07) is 11.8. The largest absolute Gasteiger partial charge is 0.497 e. The van der Waals surface area contributed by atoms with Crippen molar-refractivity contribution >= 4 is 16.6 Å². The number of rotatable bonds is 7. The molecule has 3 heteroatoms. The summed E-state index contributed by atoms with van der Waals surface area (Å²) in [4.78, 5) is 14.9. The average molecular weight is 299 g/mol. The Kier molecular flexibility index (Phi) is 5.56. The zero-order chi connectivity index (χ0) is 16.1. The zero-order valence-corrected chi connectivity index (χ0v) is 13.9. The van der Waals surface area contributed by atoms with Gasteiger partial charge in [0, 0.05) is 18.0 Å². The Bertz CT molecular complexity index is 647. The highest BCUT2D eigenvalue weighted by Gasteiger charge is 2.17. The van der Waals surface area contributed by atoms with Crippen molar-refractivity contribution < 1.29 is 9.53 Å². The molecule has 3 nitrogen and oxygen atoms in total. The van der Waals surface area contributed by atoms with Crippen molar-refractivity contribution in [1.29, 1.82) is 0 Å². The number of ether oxygens (including phenoxy) is 1. The van der Waals surface area contributed by atoms with Gasteiger partial charge in [0.1, 0.15) is 5.75 Å². The summed E-state index contributed by atoms with van der Waals surface area (Å²) in [6.07, 6.45) is 0. The fraction of sp³-hybridized carbons (Fsp3) is 0.421. The number of carbonyl (C=O) groups excluding carboxylic acids is 1. The van der Waals surface area contributed by atoms with E-state index in [0.717, 1.165) is 41.7 Å². The highest BCUT2D eigenvalue weighted by molar-refractivity contribution is 6.01. The van der Waals surface area contributed by atoms with E-state index < -0.39 is 0 Å². The molecule has 0 spiro atoms. The van der Waals surface area contributed by atoms with Crippen LogP contribution in [0.4, 0.5) is 0 Å². The maximum absolute atomic E-state index is 12.6. The van der Waals surface area contributed by atoms with E-state index in [-0.39, 0.29) is 11.7 Å². The molecular formula is C19H25NO2. The molecule has 0 unspecified atom stereocenters. The van der Waals surface area contributed by atoms with Crippen LogP contribution in [0.2, 0.25) is 0 Å². The van der Waals surface area contributed by atoms with Crippen molar-refractivity contribution in [2.45, 2.75) is 20.8 Å². The summed E-state index contributed by atoms with van der Waals surface area (Å²) in [5.74, 6) is 1.06. The van der Waals surface area contributed by atoms with Gasteiger partial charge in [-0.05, 0) is 42.1 Å². The minimum atomic E-state index is 0.00981. The lowest BCUT2D eigenvalue weighted by Crippen LogP contribution is -2.31. The van der Waals surface area contributed by atoms with Crippen LogP contribution < -0.4 is 4.74 Å². The number of benzene rings is 2. The average Bonchev–Trinajstić information content (AvgIpc) is 2.57.